The van der Waals surface area contributed by atoms with Crippen LogP contribution in [0.4, 0.5) is 5.69 Å². The average molecular weight is 389 g/mol. The zero-order valence-electron chi connectivity index (χ0n) is 13.0. The number of hydrogen-bond acceptors (Lipinski definition) is 4. The van der Waals surface area contributed by atoms with Gasteiger partial charge in [0.2, 0.25) is 6.79 Å². The molecule has 5 nitrogen and oxygen atoms in total. The summed E-state index contributed by atoms with van der Waals surface area (Å²) in [6.07, 6.45) is 2.96. The summed E-state index contributed by atoms with van der Waals surface area (Å²) in [6, 6.07) is 9.39. The van der Waals surface area contributed by atoms with Crippen LogP contribution < -0.4 is 20.5 Å². The van der Waals surface area contributed by atoms with Crippen LogP contribution in [-0.4, -0.2) is 12.7 Å². The van der Waals surface area contributed by atoms with Crippen molar-refractivity contribution in [1.29, 1.82) is 0 Å². The SMILES string of the molecule is Nc1ccc2c(c1)CCCC2NC(=O)c1cc(Br)c2c(c1)OCO2. The Labute approximate surface area is 148 Å². The fraction of sp³-hybridized carbons (Fsp3) is 0.278. The number of fused-ring (bicyclic) bond motifs is 2. The van der Waals surface area contributed by atoms with E-state index in [0.717, 1.165) is 35.0 Å². The van der Waals surface area contributed by atoms with Crippen LogP contribution in [0.15, 0.2) is 34.8 Å². The molecule has 0 saturated carbocycles. The van der Waals surface area contributed by atoms with Crippen LogP contribution >= 0.6 is 15.9 Å². The molecule has 1 aliphatic heterocycles. The van der Waals surface area contributed by atoms with E-state index in [1.54, 1.807) is 12.1 Å². The molecule has 1 aliphatic carbocycles. The number of amides is 1. The van der Waals surface area contributed by atoms with Gasteiger partial charge < -0.3 is 20.5 Å². The number of ether oxygens (including phenoxy) is 2. The highest BCUT2D eigenvalue weighted by Gasteiger charge is 2.25. The number of benzene rings is 2. The summed E-state index contributed by atoms with van der Waals surface area (Å²) in [5.74, 6) is 1.11. The van der Waals surface area contributed by atoms with E-state index in [1.165, 1.54) is 5.56 Å². The minimum atomic E-state index is -0.122. The lowest BCUT2D eigenvalue weighted by Crippen LogP contribution is -2.31. The van der Waals surface area contributed by atoms with Crippen molar-refractivity contribution in [2.75, 3.05) is 12.5 Å². The number of hydrogen-bond donors (Lipinski definition) is 2. The van der Waals surface area contributed by atoms with Gasteiger partial charge in [0, 0.05) is 11.3 Å². The van der Waals surface area contributed by atoms with Crippen LogP contribution in [0.5, 0.6) is 11.5 Å². The number of anilines is 1. The number of nitrogens with one attached hydrogen (secondary N) is 1. The Balaban J connectivity index is 1.59. The van der Waals surface area contributed by atoms with Crippen LogP contribution in [0.1, 0.15) is 40.4 Å². The summed E-state index contributed by atoms with van der Waals surface area (Å²) >= 11 is 3.43. The lowest BCUT2D eigenvalue weighted by atomic mass is 9.87. The molecule has 0 fully saturated rings. The summed E-state index contributed by atoms with van der Waals surface area (Å²) in [5, 5.41) is 3.13. The van der Waals surface area contributed by atoms with Crippen LogP contribution in [-0.2, 0) is 6.42 Å². The number of nitrogens with two attached hydrogens (primary N) is 1. The molecule has 1 unspecified atom stereocenters. The third-order valence-corrected chi connectivity index (χ3v) is 5.07. The van der Waals surface area contributed by atoms with Gasteiger partial charge in [0.1, 0.15) is 0 Å². The van der Waals surface area contributed by atoms with Crippen molar-refractivity contribution < 1.29 is 14.3 Å². The molecule has 1 heterocycles. The first kappa shape index (κ1) is 15.3. The molecule has 0 bridgehead atoms. The van der Waals surface area contributed by atoms with E-state index in [2.05, 4.69) is 21.2 Å². The van der Waals surface area contributed by atoms with Gasteiger partial charge in [0.25, 0.3) is 5.91 Å². The third kappa shape index (κ3) is 2.71. The van der Waals surface area contributed by atoms with Crippen LogP contribution in [0.2, 0.25) is 0 Å². The van der Waals surface area contributed by atoms with E-state index in [1.807, 2.05) is 18.2 Å². The number of carbonyl (C=O) groups excluding carboxylic acids is 1. The normalized spacial score (nSPS) is 18.1. The fourth-order valence-corrected chi connectivity index (χ4v) is 3.88. The van der Waals surface area contributed by atoms with Crippen LogP contribution in [0.25, 0.3) is 0 Å². The van der Waals surface area contributed by atoms with Crippen molar-refractivity contribution in [2.45, 2.75) is 25.3 Å². The molecule has 24 heavy (non-hydrogen) atoms. The first-order valence-electron chi connectivity index (χ1n) is 7.90. The third-order valence-electron chi connectivity index (χ3n) is 4.48. The van der Waals surface area contributed by atoms with Crippen LogP contribution in [0.3, 0.4) is 0 Å². The molecule has 2 aromatic rings. The summed E-state index contributed by atoms with van der Waals surface area (Å²) in [7, 11) is 0. The van der Waals surface area contributed by atoms with Gasteiger partial charge in [-0.3, -0.25) is 4.79 Å². The largest absolute Gasteiger partial charge is 0.454 e. The second kappa shape index (κ2) is 6.02. The second-order valence-corrected chi connectivity index (χ2v) is 6.92. The molecule has 0 spiro atoms. The predicted molar refractivity (Wildman–Crippen MR) is 94.3 cm³/mol. The summed E-state index contributed by atoms with van der Waals surface area (Å²) in [6.45, 7) is 0.177. The summed E-state index contributed by atoms with van der Waals surface area (Å²) < 4.78 is 11.5. The Morgan fingerprint density at radius 3 is 3.00 bits per heavy atom. The zero-order valence-corrected chi connectivity index (χ0v) is 14.6. The lowest BCUT2D eigenvalue weighted by Gasteiger charge is -2.26. The monoisotopic (exact) mass is 388 g/mol. The summed E-state index contributed by atoms with van der Waals surface area (Å²) in [5.41, 5.74) is 9.56. The average Bonchev–Trinajstić information content (AvgIpc) is 3.04. The maximum atomic E-state index is 12.7. The first-order valence-corrected chi connectivity index (χ1v) is 8.69. The van der Waals surface area contributed by atoms with Crippen molar-refractivity contribution in [3.63, 3.8) is 0 Å². The molecule has 0 saturated heterocycles. The molecule has 1 atom stereocenters. The molecule has 2 aromatic carbocycles. The maximum Gasteiger partial charge on any atom is 0.251 e. The fourth-order valence-electron chi connectivity index (χ4n) is 3.32. The Morgan fingerprint density at radius 2 is 2.12 bits per heavy atom. The number of carbonyl (C=O) groups is 1. The van der Waals surface area contributed by atoms with Gasteiger partial charge in [-0.2, -0.15) is 0 Å². The number of aryl methyl sites for hydroxylation is 1. The van der Waals surface area contributed by atoms with E-state index >= 15 is 0 Å². The molecular weight excluding hydrogens is 372 g/mol. The zero-order chi connectivity index (χ0) is 16.7. The van der Waals surface area contributed by atoms with E-state index in [-0.39, 0.29) is 18.7 Å². The van der Waals surface area contributed by atoms with Gasteiger partial charge in [-0.25, -0.2) is 0 Å². The smallest absolute Gasteiger partial charge is 0.251 e. The van der Waals surface area contributed by atoms with E-state index in [4.69, 9.17) is 15.2 Å². The first-order chi connectivity index (χ1) is 11.6. The van der Waals surface area contributed by atoms with Gasteiger partial charge in [-0.05, 0) is 70.6 Å². The van der Waals surface area contributed by atoms with Crippen molar-refractivity contribution in [3.8, 4) is 11.5 Å². The Hall–Kier alpha value is -2.21. The summed E-state index contributed by atoms with van der Waals surface area (Å²) in [4.78, 5) is 12.7. The molecule has 4 rings (SSSR count). The second-order valence-electron chi connectivity index (χ2n) is 6.07. The molecule has 0 radical (unpaired) electrons. The van der Waals surface area contributed by atoms with Crippen molar-refractivity contribution >= 4 is 27.5 Å². The Morgan fingerprint density at radius 1 is 1.25 bits per heavy atom. The molecule has 1 amide bonds. The van der Waals surface area contributed by atoms with Gasteiger partial charge in [-0.1, -0.05) is 6.07 Å². The highest BCUT2D eigenvalue weighted by molar-refractivity contribution is 9.10. The van der Waals surface area contributed by atoms with Gasteiger partial charge in [0.15, 0.2) is 11.5 Å². The van der Waals surface area contributed by atoms with Gasteiger partial charge in [0.05, 0.1) is 10.5 Å². The molecule has 3 N–H and O–H groups in total. The van der Waals surface area contributed by atoms with Gasteiger partial charge in [-0.15, -0.1) is 0 Å². The Kier molecular flexibility index (Phi) is 3.84. The van der Waals surface area contributed by atoms with E-state index in [9.17, 15) is 4.79 Å². The van der Waals surface area contributed by atoms with E-state index in [0.29, 0.717) is 17.1 Å². The minimum absolute atomic E-state index is 0.00560. The van der Waals surface area contributed by atoms with Crippen molar-refractivity contribution in [1.82, 2.24) is 5.32 Å². The lowest BCUT2D eigenvalue weighted by molar-refractivity contribution is 0.0932. The standard InChI is InChI=1S/C18H17BrN2O3/c19-14-7-11(8-16-17(14)24-9-23-16)18(22)21-15-3-1-2-10-6-12(20)4-5-13(10)15/h4-8,15H,1-3,9,20H2,(H,21,22). The van der Waals surface area contributed by atoms with Gasteiger partial charge >= 0.3 is 0 Å². The van der Waals surface area contributed by atoms with Crippen molar-refractivity contribution in [2.24, 2.45) is 0 Å². The molecule has 0 aromatic heterocycles. The molecular formula is C18H17BrN2O3. The Bertz CT molecular complexity index is 822. The van der Waals surface area contributed by atoms with Crippen molar-refractivity contribution in [3.05, 3.63) is 51.5 Å². The molecule has 124 valence electrons. The highest BCUT2D eigenvalue weighted by atomic mass is 79.9. The highest BCUT2D eigenvalue weighted by Crippen LogP contribution is 2.40. The predicted octanol–water partition coefficient (Wildman–Crippen LogP) is 3.57. The minimum Gasteiger partial charge on any atom is -0.454 e. The van der Waals surface area contributed by atoms with Crippen LogP contribution in [0, 0.1) is 0 Å². The number of rotatable bonds is 2. The molecule has 2 aliphatic rings. The number of halogens is 1. The number of nitrogen functional groups attached to an aromatic ring is 1. The topological polar surface area (TPSA) is 73.6 Å². The quantitative estimate of drug-likeness (QED) is 0.771. The van der Waals surface area contributed by atoms with E-state index < -0.39 is 0 Å². The molecule has 6 heteroatoms. The maximum absolute atomic E-state index is 12.7.